The largest absolute Gasteiger partial charge is 0.376 e. The fraction of sp³-hybridized carbons (Fsp3) is 0.333. The Morgan fingerprint density at radius 1 is 1.38 bits per heavy atom. The van der Waals surface area contributed by atoms with Gasteiger partial charge in [0.2, 0.25) is 5.91 Å². The van der Waals surface area contributed by atoms with Crippen molar-refractivity contribution in [2.45, 2.75) is 25.9 Å². The molecule has 1 aromatic carbocycles. The number of aromatic amines is 1. The lowest BCUT2D eigenvalue weighted by Crippen LogP contribution is -2.15. The Labute approximate surface area is 121 Å². The van der Waals surface area contributed by atoms with E-state index in [2.05, 4.69) is 15.5 Å². The minimum absolute atomic E-state index is 0.112. The summed E-state index contributed by atoms with van der Waals surface area (Å²) in [7, 11) is 0. The smallest absolute Gasteiger partial charge is 0.225 e. The molecule has 0 bridgehead atoms. The number of aryl methyl sites for hydroxylation is 1. The number of halogens is 1. The van der Waals surface area contributed by atoms with Crippen LogP contribution in [-0.4, -0.2) is 22.7 Å². The molecule has 0 unspecified atom stereocenters. The number of nitrogens with zero attached hydrogens (tertiary/aromatic N) is 1. The van der Waals surface area contributed by atoms with Gasteiger partial charge in [0.25, 0.3) is 0 Å². The van der Waals surface area contributed by atoms with Gasteiger partial charge in [0.1, 0.15) is 5.82 Å². The standard InChI is InChI=1S/C15H16FN3O2/c16-11-4-1-10(2-5-11)3-6-14(20)17-15-12-9-21-8-7-13(12)18-19-15/h1-2,4-5H,3,6-9H2,(H2,17,18,19,20). The van der Waals surface area contributed by atoms with E-state index in [1.807, 2.05) is 0 Å². The van der Waals surface area contributed by atoms with Crippen LogP contribution in [0.1, 0.15) is 23.2 Å². The number of carbonyl (C=O) groups excluding carboxylic acids is 1. The minimum Gasteiger partial charge on any atom is -0.376 e. The van der Waals surface area contributed by atoms with Crippen LogP contribution in [-0.2, 0) is 29.0 Å². The fourth-order valence-corrected chi connectivity index (χ4v) is 2.32. The SMILES string of the molecule is O=C(CCc1ccc(F)cc1)Nc1n[nH]c2c1COCC2. The number of anilines is 1. The van der Waals surface area contributed by atoms with E-state index in [9.17, 15) is 9.18 Å². The second-order valence-corrected chi connectivity index (χ2v) is 5.01. The molecule has 0 saturated carbocycles. The molecule has 0 spiro atoms. The maximum Gasteiger partial charge on any atom is 0.225 e. The normalized spacial score (nSPS) is 13.8. The van der Waals surface area contributed by atoms with Crippen LogP contribution in [0.25, 0.3) is 0 Å². The van der Waals surface area contributed by atoms with Gasteiger partial charge >= 0.3 is 0 Å². The zero-order chi connectivity index (χ0) is 14.7. The number of nitrogens with one attached hydrogen (secondary N) is 2. The summed E-state index contributed by atoms with van der Waals surface area (Å²) < 4.78 is 18.2. The lowest BCUT2D eigenvalue weighted by molar-refractivity contribution is -0.116. The highest BCUT2D eigenvalue weighted by Crippen LogP contribution is 2.22. The van der Waals surface area contributed by atoms with E-state index >= 15 is 0 Å². The summed E-state index contributed by atoms with van der Waals surface area (Å²) in [6.45, 7) is 1.15. The van der Waals surface area contributed by atoms with Gasteiger partial charge < -0.3 is 10.1 Å². The van der Waals surface area contributed by atoms with Gasteiger partial charge in [-0.05, 0) is 24.1 Å². The molecule has 5 nitrogen and oxygen atoms in total. The summed E-state index contributed by atoms with van der Waals surface area (Å²) in [5, 5.41) is 9.84. The summed E-state index contributed by atoms with van der Waals surface area (Å²) in [6, 6.07) is 6.17. The Kier molecular flexibility index (Phi) is 3.96. The number of benzene rings is 1. The highest BCUT2D eigenvalue weighted by molar-refractivity contribution is 5.90. The maximum atomic E-state index is 12.8. The number of ether oxygens (including phenoxy) is 1. The molecule has 21 heavy (non-hydrogen) atoms. The van der Waals surface area contributed by atoms with Crippen LogP contribution >= 0.6 is 0 Å². The zero-order valence-electron chi connectivity index (χ0n) is 11.5. The monoisotopic (exact) mass is 289 g/mol. The maximum absolute atomic E-state index is 12.8. The van der Waals surface area contributed by atoms with E-state index in [4.69, 9.17) is 4.74 Å². The summed E-state index contributed by atoms with van der Waals surface area (Å²) in [5.74, 6) is 0.166. The first-order valence-electron chi connectivity index (χ1n) is 6.90. The molecule has 6 heteroatoms. The van der Waals surface area contributed by atoms with Crippen molar-refractivity contribution < 1.29 is 13.9 Å². The Balaban J connectivity index is 1.57. The molecule has 0 aliphatic carbocycles. The summed E-state index contributed by atoms with van der Waals surface area (Å²) in [5.41, 5.74) is 2.88. The second kappa shape index (κ2) is 6.05. The van der Waals surface area contributed by atoms with E-state index in [-0.39, 0.29) is 11.7 Å². The van der Waals surface area contributed by atoms with Crippen molar-refractivity contribution in [1.29, 1.82) is 0 Å². The molecular weight excluding hydrogens is 273 g/mol. The van der Waals surface area contributed by atoms with Crippen molar-refractivity contribution in [3.8, 4) is 0 Å². The van der Waals surface area contributed by atoms with E-state index < -0.39 is 0 Å². The van der Waals surface area contributed by atoms with Gasteiger partial charge in [-0.15, -0.1) is 0 Å². The summed E-state index contributed by atoms with van der Waals surface area (Å²) >= 11 is 0. The van der Waals surface area contributed by atoms with Crippen LogP contribution in [0.3, 0.4) is 0 Å². The molecule has 0 fully saturated rings. The van der Waals surface area contributed by atoms with Crippen LogP contribution in [0.15, 0.2) is 24.3 Å². The molecule has 2 aromatic rings. The first kappa shape index (κ1) is 13.8. The predicted molar refractivity (Wildman–Crippen MR) is 75.3 cm³/mol. The molecule has 2 N–H and O–H groups in total. The van der Waals surface area contributed by atoms with Gasteiger partial charge in [-0.25, -0.2) is 4.39 Å². The van der Waals surface area contributed by atoms with Gasteiger partial charge in [-0.2, -0.15) is 5.10 Å². The number of hydrogen-bond donors (Lipinski definition) is 2. The van der Waals surface area contributed by atoms with Gasteiger partial charge in [0.05, 0.1) is 13.2 Å². The molecule has 0 saturated heterocycles. The third-order valence-corrected chi connectivity index (χ3v) is 3.51. The van der Waals surface area contributed by atoms with Crippen molar-refractivity contribution in [1.82, 2.24) is 10.2 Å². The van der Waals surface area contributed by atoms with Gasteiger partial charge in [-0.3, -0.25) is 9.89 Å². The van der Waals surface area contributed by atoms with Crippen molar-refractivity contribution in [2.75, 3.05) is 11.9 Å². The van der Waals surface area contributed by atoms with Crippen molar-refractivity contribution in [3.05, 3.63) is 46.9 Å². The first-order valence-corrected chi connectivity index (χ1v) is 6.90. The number of carbonyl (C=O) groups is 1. The summed E-state index contributed by atoms with van der Waals surface area (Å²) in [4.78, 5) is 12.0. The molecule has 1 aliphatic heterocycles. The quantitative estimate of drug-likeness (QED) is 0.906. The highest BCUT2D eigenvalue weighted by atomic mass is 19.1. The molecule has 1 aliphatic rings. The van der Waals surface area contributed by atoms with E-state index in [0.717, 1.165) is 23.2 Å². The average molecular weight is 289 g/mol. The molecule has 2 heterocycles. The van der Waals surface area contributed by atoms with Crippen LogP contribution in [0.2, 0.25) is 0 Å². The number of rotatable bonds is 4. The molecular formula is C15H16FN3O2. The first-order chi connectivity index (χ1) is 10.2. The molecule has 110 valence electrons. The average Bonchev–Trinajstić information content (AvgIpc) is 2.90. The Morgan fingerprint density at radius 2 is 2.19 bits per heavy atom. The predicted octanol–water partition coefficient (Wildman–Crippen LogP) is 2.19. The van der Waals surface area contributed by atoms with Gasteiger partial charge in [-0.1, -0.05) is 12.1 Å². The highest BCUT2D eigenvalue weighted by Gasteiger charge is 2.18. The number of fused-ring (bicyclic) bond motifs is 1. The van der Waals surface area contributed by atoms with Crippen LogP contribution < -0.4 is 5.32 Å². The number of H-pyrrole nitrogens is 1. The van der Waals surface area contributed by atoms with E-state index in [0.29, 0.717) is 31.9 Å². The third kappa shape index (κ3) is 3.28. The zero-order valence-corrected chi connectivity index (χ0v) is 11.5. The molecule has 0 radical (unpaired) electrons. The Morgan fingerprint density at radius 3 is 3.00 bits per heavy atom. The second-order valence-electron chi connectivity index (χ2n) is 5.01. The Hall–Kier alpha value is -2.21. The van der Waals surface area contributed by atoms with Gasteiger partial charge in [0.15, 0.2) is 5.82 Å². The lowest BCUT2D eigenvalue weighted by atomic mass is 10.1. The number of aromatic nitrogens is 2. The van der Waals surface area contributed by atoms with Crippen LogP contribution in [0.4, 0.5) is 10.2 Å². The fourth-order valence-electron chi connectivity index (χ4n) is 2.32. The molecule has 0 atom stereocenters. The molecule has 3 rings (SSSR count). The van der Waals surface area contributed by atoms with Gasteiger partial charge in [0, 0.05) is 24.1 Å². The minimum atomic E-state index is -0.272. The van der Waals surface area contributed by atoms with E-state index in [1.54, 1.807) is 12.1 Å². The van der Waals surface area contributed by atoms with E-state index in [1.165, 1.54) is 12.1 Å². The molecule has 1 aromatic heterocycles. The van der Waals surface area contributed by atoms with Crippen LogP contribution in [0.5, 0.6) is 0 Å². The number of hydrogen-bond acceptors (Lipinski definition) is 3. The summed E-state index contributed by atoms with van der Waals surface area (Å²) in [6.07, 6.45) is 1.68. The Bertz CT molecular complexity index is 637. The third-order valence-electron chi connectivity index (χ3n) is 3.51. The van der Waals surface area contributed by atoms with Crippen molar-refractivity contribution in [2.24, 2.45) is 0 Å². The van der Waals surface area contributed by atoms with Crippen LogP contribution in [0, 0.1) is 5.82 Å². The number of amides is 1. The topological polar surface area (TPSA) is 67.0 Å². The lowest BCUT2D eigenvalue weighted by Gasteiger charge is -2.12. The molecule has 1 amide bonds. The van der Waals surface area contributed by atoms with Crippen molar-refractivity contribution >= 4 is 11.7 Å². The van der Waals surface area contributed by atoms with Crippen molar-refractivity contribution in [3.63, 3.8) is 0 Å².